The van der Waals surface area contributed by atoms with E-state index >= 15 is 0 Å². The monoisotopic (exact) mass is 206 g/mol. The molecule has 0 rings (SSSR count). The predicted molar refractivity (Wildman–Crippen MR) is 41.7 cm³/mol. The number of carbonyl (C=O) groups is 3. The number of nitrogens with one attached hydrogen (secondary N) is 1. The Labute approximate surface area is 78.3 Å². The van der Waals surface area contributed by atoms with Gasteiger partial charge in [-0.2, -0.15) is 0 Å². The van der Waals surface area contributed by atoms with Gasteiger partial charge in [0.2, 0.25) is 0 Å². The molecule has 0 bridgehead atoms. The van der Waals surface area contributed by atoms with Gasteiger partial charge in [-0.25, -0.2) is 5.84 Å². The van der Waals surface area contributed by atoms with Crippen molar-refractivity contribution in [3.05, 3.63) is 0 Å². The van der Waals surface area contributed by atoms with Gasteiger partial charge in [-0.1, -0.05) is 0 Å². The number of aliphatic hydroxyl groups excluding tert-OH is 1. The topological polar surface area (TPSA) is 150 Å². The molecule has 0 saturated heterocycles. The number of carboxylic acid groups (broad SMARTS) is 2. The van der Waals surface area contributed by atoms with Crippen LogP contribution in [0.1, 0.15) is 6.42 Å². The van der Waals surface area contributed by atoms with Crippen LogP contribution in [0.5, 0.6) is 0 Å². The number of carboxylic acids is 2. The highest BCUT2D eigenvalue weighted by molar-refractivity contribution is 5.88. The van der Waals surface area contributed by atoms with Crippen molar-refractivity contribution in [2.75, 3.05) is 0 Å². The number of hydrogen-bond donors (Lipinski definition) is 5. The minimum absolute atomic E-state index is 0.857. The maximum atomic E-state index is 10.7. The van der Waals surface area contributed by atoms with Gasteiger partial charge in [0.25, 0.3) is 5.91 Å². The molecule has 0 heterocycles. The van der Waals surface area contributed by atoms with Crippen LogP contribution in [0.2, 0.25) is 0 Å². The van der Waals surface area contributed by atoms with Crippen molar-refractivity contribution in [1.82, 2.24) is 5.43 Å². The Balaban J connectivity index is 4.56. The second-order valence-electron chi connectivity index (χ2n) is 2.50. The first kappa shape index (κ1) is 12.3. The molecule has 0 fully saturated rings. The van der Waals surface area contributed by atoms with Gasteiger partial charge in [0.1, 0.15) is 12.0 Å². The van der Waals surface area contributed by atoms with E-state index in [4.69, 9.17) is 15.3 Å². The van der Waals surface area contributed by atoms with Crippen molar-refractivity contribution < 1.29 is 29.7 Å². The zero-order chi connectivity index (χ0) is 11.3. The van der Waals surface area contributed by atoms with Gasteiger partial charge in [-0.3, -0.25) is 19.8 Å². The van der Waals surface area contributed by atoms with Gasteiger partial charge >= 0.3 is 11.9 Å². The molecule has 2 unspecified atom stereocenters. The molecule has 8 heteroatoms. The molecule has 0 saturated carbocycles. The number of nitrogens with two attached hydrogens (primary N) is 1. The van der Waals surface area contributed by atoms with Crippen LogP contribution in [0.3, 0.4) is 0 Å². The van der Waals surface area contributed by atoms with Crippen LogP contribution in [0.4, 0.5) is 0 Å². The first-order valence-electron chi connectivity index (χ1n) is 3.53. The molecule has 2 atom stereocenters. The molecule has 0 aliphatic carbocycles. The van der Waals surface area contributed by atoms with Crippen LogP contribution in [0, 0.1) is 5.92 Å². The Kier molecular flexibility index (Phi) is 4.53. The van der Waals surface area contributed by atoms with E-state index in [1.54, 1.807) is 0 Å². The number of hydrazine groups is 1. The maximum absolute atomic E-state index is 10.7. The number of hydrogen-bond acceptors (Lipinski definition) is 5. The van der Waals surface area contributed by atoms with E-state index in [1.165, 1.54) is 5.43 Å². The number of amides is 1. The Hall–Kier alpha value is -1.67. The van der Waals surface area contributed by atoms with E-state index in [9.17, 15) is 14.4 Å². The van der Waals surface area contributed by atoms with E-state index in [-0.39, 0.29) is 0 Å². The molecule has 8 nitrogen and oxygen atoms in total. The summed E-state index contributed by atoms with van der Waals surface area (Å²) < 4.78 is 0. The Morgan fingerprint density at radius 2 is 1.79 bits per heavy atom. The highest BCUT2D eigenvalue weighted by Gasteiger charge is 2.33. The molecular weight excluding hydrogens is 196 g/mol. The summed E-state index contributed by atoms with van der Waals surface area (Å²) in [7, 11) is 0. The summed E-state index contributed by atoms with van der Waals surface area (Å²) in [4.78, 5) is 31.3. The van der Waals surface area contributed by atoms with Crippen molar-refractivity contribution >= 4 is 17.8 Å². The lowest BCUT2D eigenvalue weighted by Gasteiger charge is -2.15. The maximum Gasteiger partial charge on any atom is 0.310 e. The molecule has 0 spiro atoms. The van der Waals surface area contributed by atoms with Crippen molar-refractivity contribution in [2.45, 2.75) is 12.5 Å². The van der Waals surface area contributed by atoms with Crippen LogP contribution in [0.25, 0.3) is 0 Å². The second-order valence-corrected chi connectivity index (χ2v) is 2.50. The Morgan fingerprint density at radius 1 is 1.29 bits per heavy atom. The normalized spacial score (nSPS) is 14.1. The summed E-state index contributed by atoms with van der Waals surface area (Å²) in [5, 5.41) is 25.9. The van der Waals surface area contributed by atoms with Crippen LogP contribution in [0.15, 0.2) is 0 Å². The van der Waals surface area contributed by atoms with Crippen LogP contribution >= 0.6 is 0 Å². The lowest BCUT2D eigenvalue weighted by atomic mass is 9.98. The van der Waals surface area contributed by atoms with Crippen molar-refractivity contribution in [2.24, 2.45) is 11.8 Å². The zero-order valence-electron chi connectivity index (χ0n) is 7.01. The highest BCUT2D eigenvalue weighted by Crippen LogP contribution is 2.09. The van der Waals surface area contributed by atoms with E-state index < -0.39 is 36.3 Å². The largest absolute Gasteiger partial charge is 0.481 e. The summed E-state index contributed by atoms with van der Waals surface area (Å²) in [6.45, 7) is 0. The molecule has 1 amide bonds. The van der Waals surface area contributed by atoms with Crippen molar-refractivity contribution in [1.29, 1.82) is 0 Å². The van der Waals surface area contributed by atoms with Crippen LogP contribution in [-0.4, -0.2) is 39.3 Å². The average Bonchev–Trinajstić information content (AvgIpc) is 2.11. The molecule has 6 N–H and O–H groups in total. The lowest BCUT2D eigenvalue weighted by Crippen LogP contribution is -2.45. The molecule has 0 aliphatic rings. The van der Waals surface area contributed by atoms with Gasteiger partial charge < -0.3 is 15.3 Å². The summed E-state index contributed by atoms with van der Waals surface area (Å²) in [6.07, 6.45) is -2.84. The van der Waals surface area contributed by atoms with Gasteiger partial charge in [0.15, 0.2) is 0 Å². The first-order valence-corrected chi connectivity index (χ1v) is 3.53. The van der Waals surface area contributed by atoms with E-state index in [1.807, 2.05) is 0 Å². The summed E-state index contributed by atoms with van der Waals surface area (Å²) in [5.41, 5.74) is 1.53. The van der Waals surface area contributed by atoms with E-state index in [2.05, 4.69) is 5.84 Å². The summed E-state index contributed by atoms with van der Waals surface area (Å²) in [5.74, 6) is -1.22. The third-order valence-electron chi connectivity index (χ3n) is 1.50. The van der Waals surface area contributed by atoms with Gasteiger partial charge in [0, 0.05) is 0 Å². The minimum Gasteiger partial charge on any atom is -0.481 e. The minimum atomic E-state index is -1.98. The summed E-state index contributed by atoms with van der Waals surface area (Å²) in [6, 6.07) is 0. The number of aliphatic carboxylic acids is 2. The third-order valence-corrected chi connectivity index (χ3v) is 1.50. The van der Waals surface area contributed by atoms with E-state index in [0.717, 1.165) is 0 Å². The Bertz CT molecular complexity index is 253. The zero-order valence-corrected chi connectivity index (χ0v) is 7.01. The molecular formula is C6H10N2O6. The van der Waals surface area contributed by atoms with Gasteiger partial charge in [-0.05, 0) is 0 Å². The quantitative estimate of drug-likeness (QED) is 0.190. The lowest BCUT2D eigenvalue weighted by molar-refractivity contribution is -0.156. The number of aliphatic hydroxyl groups is 1. The molecule has 80 valence electrons. The van der Waals surface area contributed by atoms with Crippen molar-refractivity contribution in [3.63, 3.8) is 0 Å². The standard InChI is InChI=1S/C6H10N2O6/c7-8-5(12)4(11)2(6(13)14)1-3(9)10/h2,4,11H,1,7H2,(H,8,12)(H,9,10)(H,13,14). The van der Waals surface area contributed by atoms with Crippen molar-refractivity contribution in [3.8, 4) is 0 Å². The second kappa shape index (κ2) is 5.14. The first-order chi connectivity index (χ1) is 6.40. The van der Waals surface area contributed by atoms with Gasteiger partial charge in [-0.15, -0.1) is 0 Å². The molecule has 0 aromatic rings. The van der Waals surface area contributed by atoms with Crippen LogP contribution < -0.4 is 11.3 Å². The predicted octanol–water partition coefficient (Wildman–Crippen LogP) is -2.49. The smallest absolute Gasteiger partial charge is 0.310 e. The molecule has 0 aliphatic heterocycles. The fraction of sp³-hybridized carbons (Fsp3) is 0.500. The summed E-state index contributed by atoms with van der Waals surface area (Å²) >= 11 is 0. The third kappa shape index (κ3) is 3.37. The number of rotatable bonds is 5. The molecule has 0 aromatic heterocycles. The fourth-order valence-corrected chi connectivity index (χ4v) is 0.790. The molecule has 0 radical (unpaired) electrons. The van der Waals surface area contributed by atoms with Gasteiger partial charge in [0.05, 0.1) is 6.42 Å². The Morgan fingerprint density at radius 3 is 2.07 bits per heavy atom. The molecule has 14 heavy (non-hydrogen) atoms. The van der Waals surface area contributed by atoms with Crippen LogP contribution in [-0.2, 0) is 14.4 Å². The highest BCUT2D eigenvalue weighted by atomic mass is 16.4. The van der Waals surface area contributed by atoms with E-state index in [0.29, 0.717) is 0 Å². The fourth-order valence-electron chi connectivity index (χ4n) is 0.790. The molecule has 0 aromatic carbocycles. The average molecular weight is 206 g/mol. The SMILES string of the molecule is NNC(=O)C(O)C(CC(=O)O)C(=O)O. The number of carbonyl (C=O) groups excluding carboxylic acids is 1.